The topological polar surface area (TPSA) is 49.3 Å². The zero-order valence-electron chi connectivity index (χ0n) is 11.2. The molecular weight excluding hydrogens is 326 g/mol. The van der Waals surface area contributed by atoms with Gasteiger partial charge in [-0.1, -0.05) is 29.8 Å². The van der Waals surface area contributed by atoms with E-state index in [9.17, 15) is 4.79 Å². The largest absolute Gasteiger partial charge is 0.396 e. The predicted molar refractivity (Wildman–Crippen MR) is 83.3 cm³/mol. The quantitative estimate of drug-likeness (QED) is 0.746. The maximum Gasteiger partial charge on any atom is 0.230 e. The van der Waals surface area contributed by atoms with E-state index >= 15 is 0 Å². The van der Waals surface area contributed by atoms with E-state index in [1.54, 1.807) is 0 Å². The molecule has 0 aliphatic heterocycles. The molecule has 1 aromatic rings. The average Bonchev–Trinajstić information content (AvgIpc) is 2.37. The fourth-order valence-electron chi connectivity index (χ4n) is 1.64. The van der Waals surface area contributed by atoms with E-state index in [4.69, 9.17) is 5.11 Å². The van der Waals surface area contributed by atoms with Crippen LogP contribution in [-0.2, 0) is 4.79 Å². The van der Waals surface area contributed by atoms with E-state index < -0.39 is 0 Å². The van der Waals surface area contributed by atoms with Crippen LogP contribution in [0.5, 0.6) is 0 Å². The molecule has 0 saturated heterocycles. The molecule has 0 aromatic heterocycles. The summed E-state index contributed by atoms with van der Waals surface area (Å²) in [5.74, 6) is 0.741. The van der Waals surface area contributed by atoms with Crippen LogP contribution in [0, 0.1) is 5.92 Å². The number of hydrogen-bond donors (Lipinski definition) is 2. The summed E-state index contributed by atoms with van der Waals surface area (Å²) in [4.78, 5) is 12.9. The van der Waals surface area contributed by atoms with Crippen LogP contribution in [0.15, 0.2) is 33.6 Å². The van der Waals surface area contributed by atoms with Gasteiger partial charge in [0.05, 0.1) is 5.75 Å². The van der Waals surface area contributed by atoms with Crippen LogP contribution >= 0.6 is 27.7 Å². The molecule has 0 radical (unpaired) electrons. The summed E-state index contributed by atoms with van der Waals surface area (Å²) in [6.45, 7) is 4.19. The van der Waals surface area contributed by atoms with Crippen molar-refractivity contribution in [3.05, 3.63) is 28.7 Å². The average molecular weight is 346 g/mol. The summed E-state index contributed by atoms with van der Waals surface area (Å²) in [5, 5.41) is 11.9. The summed E-state index contributed by atoms with van der Waals surface area (Å²) < 4.78 is 1.03. The Kier molecular flexibility index (Phi) is 7.49. The molecule has 5 heteroatoms. The highest BCUT2D eigenvalue weighted by Crippen LogP contribution is 2.20. The van der Waals surface area contributed by atoms with Gasteiger partial charge in [-0.2, -0.15) is 0 Å². The number of rotatable bonds is 7. The van der Waals surface area contributed by atoms with Crippen LogP contribution in [0.1, 0.15) is 20.3 Å². The lowest BCUT2D eigenvalue weighted by Crippen LogP contribution is -2.40. The Bertz CT molecular complexity index is 395. The van der Waals surface area contributed by atoms with Crippen LogP contribution < -0.4 is 5.32 Å². The fourth-order valence-corrected chi connectivity index (χ4v) is 2.61. The van der Waals surface area contributed by atoms with E-state index in [-0.39, 0.29) is 18.6 Å². The maximum atomic E-state index is 11.9. The van der Waals surface area contributed by atoms with Gasteiger partial charge in [0.25, 0.3) is 0 Å². The van der Waals surface area contributed by atoms with E-state index in [2.05, 4.69) is 21.2 Å². The number of carbonyl (C=O) groups is 1. The minimum atomic E-state index is 0.0140. The highest BCUT2D eigenvalue weighted by atomic mass is 79.9. The first-order valence-corrected chi connectivity index (χ1v) is 8.09. The lowest BCUT2D eigenvalue weighted by atomic mass is 10.0. The molecule has 0 spiro atoms. The molecule has 1 atom stereocenters. The van der Waals surface area contributed by atoms with Crippen molar-refractivity contribution >= 4 is 33.6 Å². The summed E-state index contributed by atoms with van der Waals surface area (Å²) in [6.07, 6.45) is 0.604. The normalized spacial score (nSPS) is 12.5. The van der Waals surface area contributed by atoms with Crippen molar-refractivity contribution in [3.8, 4) is 0 Å². The van der Waals surface area contributed by atoms with Gasteiger partial charge in [-0.3, -0.25) is 4.79 Å². The molecule has 0 aliphatic carbocycles. The Morgan fingerprint density at radius 2 is 2.00 bits per heavy atom. The second-order valence-corrected chi connectivity index (χ2v) is 6.64. The molecule has 0 bridgehead atoms. The highest BCUT2D eigenvalue weighted by Gasteiger charge is 2.15. The molecule has 0 fully saturated rings. The second kappa shape index (κ2) is 8.61. The number of aliphatic hydroxyl groups excluding tert-OH is 1. The third kappa shape index (κ3) is 6.45. The van der Waals surface area contributed by atoms with E-state index in [1.807, 2.05) is 38.1 Å². The number of halogens is 1. The predicted octanol–water partition coefficient (Wildman–Crippen LogP) is 3.06. The van der Waals surface area contributed by atoms with Crippen molar-refractivity contribution in [2.45, 2.75) is 31.2 Å². The Morgan fingerprint density at radius 3 is 2.53 bits per heavy atom. The molecular formula is C14H20BrNO2S. The number of thioether (sulfide) groups is 1. The lowest BCUT2D eigenvalue weighted by Gasteiger charge is -2.21. The number of carbonyl (C=O) groups excluding carboxylic acids is 1. The van der Waals surface area contributed by atoms with Gasteiger partial charge < -0.3 is 10.4 Å². The molecule has 1 unspecified atom stereocenters. The van der Waals surface area contributed by atoms with Crippen molar-refractivity contribution in [2.24, 2.45) is 5.92 Å². The monoisotopic (exact) mass is 345 g/mol. The van der Waals surface area contributed by atoms with Crippen LogP contribution in [-0.4, -0.2) is 29.4 Å². The Labute approximate surface area is 127 Å². The third-order valence-corrected chi connectivity index (χ3v) is 4.32. The van der Waals surface area contributed by atoms with Gasteiger partial charge in [-0.25, -0.2) is 0 Å². The molecule has 1 aromatic carbocycles. The SMILES string of the molecule is CC(C)C(CCO)NC(=O)CSc1ccc(Br)cc1. The van der Waals surface area contributed by atoms with Gasteiger partial charge in [0.15, 0.2) is 0 Å². The van der Waals surface area contributed by atoms with Crippen molar-refractivity contribution in [2.75, 3.05) is 12.4 Å². The van der Waals surface area contributed by atoms with E-state index in [0.29, 0.717) is 18.1 Å². The van der Waals surface area contributed by atoms with Crippen LogP contribution in [0.4, 0.5) is 0 Å². The summed E-state index contributed by atoms with van der Waals surface area (Å²) in [7, 11) is 0. The second-order valence-electron chi connectivity index (χ2n) is 4.67. The lowest BCUT2D eigenvalue weighted by molar-refractivity contribution is -0.119. The first-order chi connectivity index (χ1) is 9.02. The maximum absolute atomic E-state index is 11.9. The number of aliphatic hydroxyl groups is 1. The smallest absolute Gasteiger partial charge is 0.230 e. The summed E-state index contributed by atoms with van der Waals surface area (Å²) >= 11 is 4.89. The fraction of sp³-hybridized carbons (Fsp3) is 0.500. The highest BCUT2D eigenvalue weighted by molar-refractivity contribution is 9.10. The van der Waals surface area contributed by atoms with Crippen LogP contribution in [0.3, 0.4) is 0 Å². The Balaban J connectivity index is 2.40. The zero-order chi connectivity index (χ0) is 14.3. The molecule has 0 heterocycles. The summed E-state index contributed by atoms with van der Waals surface area (Å²) in [6, 6.07) is 7.93. The molecule has 0 aliphatic rings. The van der Waals surface area contributed by atoms with Gasteiger partial charge in [0.1, 0.15) is 0 Å². The minimum Gasteiger partial charge on any atom is -0.396 e. The van der Waals surface area contributed by atoms with Gasteiger partial charge >= 0.3 is 0 Å². The number of benzene rings is 1. The van der Waals surface area contributed by atoms with Gasteiger partial charge in [-0.05, 0) is 36.6 Å². The molecule has 3 nitrogen and oxygen atoms in total. The van der Waals surface area contributed by atoms with Gasteiger partial charge in [-0.15, -0.1) is 11.8 Å². The van der Waals surface area contributed by atoms with E-state index in [0.717, 1.165) is 9.37 Å². The van der Waals surface area contributed by atoms with Crippen molar-refractivity contribution in [3.63, 3.8) is 0 Å². The first kappa shape index (κ1) is 16.5. The third-order valence-electron chi connectivity index (χ3n) is 2.77. The van der Waals surface area contributed by atoms with Gasteiger partial charge in [0, 0.05) is 22.0 Å². The standard InChI is InChI=1S/C14H20BrNO2S/c1-10(2)13(7-8-17)16-14(18)9-19-12-5-3-11(15)4-6-12/h3-6,10,13,17H,7-9H2,1-2H3,(H,16,18). The molecule has 106 valence electrons. The van der Waals surface area contributed by atoms with Gasteiger partial charge in [0.2, 0.25) is 5.91 Å². The van der Waals surface area contributed by atoms with Crippen molar-refractivity contribution in [1.29, 1.82) is 0 Å². The molecule has 1 amide bonds. The number of nitrogens with one attached hydrogen (secondary N) is 1. The molecule has 1 rings (SSSR count). The van der Waals surface area contributed by atoms with Crippen molar-refractivity contribution < 1.29 is 9.90 Å². The van der Waals surface area contributed by atoms with Crippen molar-refractivity contribution in [1.82, 2.24) is 5.32 Å². The Morgan fingerprint density at radius 1 is 1.37 bits per heavy atom. The zero-order valence-corrected chi connectivity index (χ0v) is 13.6. The molecule has 0 saturated carbocycles. The molecule has 2 N–H and O–H groups in total. The van der Waals surface area contributed by atoms with Crippen LogP contribution in [0.2, 0.25) is 0 Å². The Hall–Kier alpha value is -0.520. The molecule has 19 heavy (non-hydrogen) atoms. The number of amides is 1. The van der Waals surface area contributed by atoms with Crippen LogP contribution in [0.25, 0.3) is 0 Å². The first-order valence-electron chi connectivity index (χ1n) is 6.31. The van der Waals surface area contributed by atoms with E-state index in [1.165, 1.54) is 11.8 Å². The number of hydrogen-bond acceptors (Lipinski definition) is 3. The summed E-state index contributed by atoms with van der Waals surface area (Å²) in [5.41, 5.74) is 0. The minimum absolute atomic E-state index is 0.0140.